The first-order valence-electron chi connectivity index (χ1n) is 4.99. The zero-order valence-electron chi connectivity index (χ0n) is 8.31. The summed E-state index contributed by atoms with van der Waals surface area (Å²) in [5.74, 6) is 0. The van der Waals surface area contributed by atoms with E-state index in [0.717, 1.165) is 19.3 Å². The quantitative estimate of drug-likeness (QED) is 0.681. The highest BCUT2D eigenvalue weighted by Crippen LogP contribution is 2.35. The third kappa shape index (κ3) is 2.15. The molecule has 3 heteroatoms. The molecule has 0 aliphatic carbocycles. The Labute approximate surface area is 88.9 Å². The fourth-order valence-corrected chi connectivity index (χ4v) is 2.80. The molecule has 0 amide bonds. The van der Waals surface area contributed by atoms with Gasteiger partial charge in [0.1, 0.15) is 0 Å². The third-order valence-corrected chi connectivity index (χ3v) is 3.88. The Morgan fingerprint density at radius 2 is 2.43 bits per heavy atom. The maximum absolute atomic E-state index is 4.43. The van der Waals surface area contributed by atoms with Crippen LogP contribution in [0.2, 0.25) is 0 Å². The van der Waals surface area contributed by atoms with Crippen molar-refractivity contribution >= 4 is 23.7 Å². The molecule has 0 fully saturated rings. The first kappa shape index (κ1) is 9.71. The summed E-state index contributed by atoms with van der Waals surface area (Å²) < 4.78 is 0. The van der Waals surface area contributed by atoms with Crippen LogP contribution in [-0.2, 0) is 0 Å². The number of hydrogen-bond donors (Lipinski definition) is 0. The summed E-state index contributed by atoms with van der Waals surface area (Å²) in [6.45, 7) is 2.21. The Morgan fingerprint density at radius 1 is 1.50 bits per heavy atom. The first-order chi connectivity index (χ1) is 6.90. The zero-order chi connectivity index (χ0) is 9.80. The predicted molar refractivity (Wildman–Crippen MR) is 64.1 cm³/mol. The van der Waals surface area contributed by atoms with Crippen LogP contribution in [-0.4, -0.2) is 17.2 Å². The van der Waals surface area contributed by atoms with Gasteiger partial charge in [0.15, 0.2) is 0 Å². The van der Waals surface area contributed by atoms with Crippen molar-refractivity contribution in [2.45, 2.75) is 31.4 Å². The monoisotopic (exact) mass is 206 g/mol. The van der Waals surface area contributed by atoms with E-state index >= 15 is 0 Å². The van der Waals surface area contributed by atoms with E-state index in [2.05, 4.69) is 23.0 Å². The SMILES string of the molecule is CCC1=CCC(C2=NC=CN=CC2)S1. The van der Waals surface area contributed by atoms with Crippen molar-refractivity contribution in [3.05, 3.63) is 23.4 Å². The van der Waals surface area contributed by atoms with E-state index in [0.29, 0.717) is 5.25 Å². The van der Waals surface area contributed by atoms with Gasteiger partial charge in [-0.1, -0.05) is 13.0 Å². The molecule has 0 N–H and O–H groups in total. The molecule has 14 heavy (non-hydrogen) atoms. The molecule has 1 unspecified atom stereocenters. The standard InChI is InChI=1S/C11H14N2S/c1-2-9-3-4-11(14-9)10-5-6-12-7-8-13-10/h3,6-8,11H,2,4-5H2,1H3. The van der Waals surface area contributed by atoms with Crippen molar-refractivity contribution in [2.24, 2.45) is 9.98 Å². The smallest absolute Gasteiger partial charge is 0.0513 e. The van der Waals surface area contributed by atoms with Gasteiger partial charge >= 0.3 is 0 Å². The maximum Gasteiger partial charge on any atom is 0.0513 e. The van der Waals surface area contributed by atoms with Crippen molar-refractivity contribution in [1.82, 2.24) is 0 Å². The molecule has 1 atom stereocenters. The summed E-state index contributed by atoms with van der Waals surface area (Å²) in [5, 5.41) is 0.555. The highest BCUT2D eigenvalue weighted by molar-refractivity contribution is 8.04. The second-order valence-corrected chi connectivity index (χ2v) is 4.65. The minimum absolute atomic E-state index is 0.555. The van der Waals surface area contributed by atoms with Crippen LogP contribution in [0.4, 0.5) is 0 Å². The van der Waals surface area contributed by atoms with E-state index in [9.17, 15) is 0 Å². The van der Waals surface area contributed by atoms with E-state index in [4.69, 9.17) is 0 Å². The van der Waals surface area contributed by atoms with Crippen LogP contribution >= 0.6 is 11.8 Å². The van der Waals surface area contributed by atoms with Gasteiger partial charge in [-0.3, -0.25) is 9.98 Å². The van der Waals surface area contributed by atoms with Crippen molar-refractivity contribution < 1.29 is 0 Å². The van der Waals surface area contributed by atoms with Crippen LogP contribution in [0.1, 0.15) is 26.2 Å². The lowest BCUT2D eigenvalue weighted by atomic mass is 10.1. The summed E-state index contributed by atoms with van der Waals surface area (Å²) in [7, 11) is 0. The zero-order valence-corrected chi connectivity index (χ0v) is 9.13. The van der Waals surface area contributed by atoms with Crippen LogP contribution in [0.15, 0.2) is 33.4 Å². The summed E-state index contributed by atoms with van der Waals surface area (Å²) >= 11 is 1.96. The van der Waals surface area contributed by atoms with E-state index in [1.807, 2.05) is 18.0 Å². The van der Waals surface area contributed by atoms with Gasteiger partial charge in [-0.05, 0) is 17.7 Å². The molecule has 0 saturated carbocycles. The minimum Gasteiger partial charge on any atom is -0.267 e. The highest BCUT2D eigenvalue weighted by atomic mass is 32.2. The Kier molecular flexibility index (Phi) is 3.19. The number of nitrogens with zero attached hydrogens (tertiary/aromatic N) is 2. The summed E-state index contributed by atoms with van der Waals surface area (Å²) in [6.07, 6.45) is 11.0. The second-order valence-electron chi connectivity index (χ2n) is 3.32. The van der Waals surface area contributed by atoms with Gasteiger partial charge in [0.25, 0.3) is 0 Å². The summed E-state index contributed by atoms with van der Waals surface area (Å²) in [4.78, 5) is 10.0. The number of thioether (sulfide) groups is 1. The largest absolute Gasteiger partial charge is 0.267 e. The Hall–Kier alpha value is -0.830. The molecule has 74 valence electrons. The molecule has 2 nitrogen and oxygen atoms in total. The molecule has 0 aromatic carbocycles. The Bertz CT molecular complexity index is 326. The Morgan fingerprint density at radius 3 is 3.21 bits per heavy atom. The molecule has 2 heterocycles. The maximum atomic E-state index is 4.43. The van der Waals surface area contributed by atoms with Crippen molar-refractivity contribution in [1.29, 1.82) is 0 Å². The van der Waals surface area contributed by atoms with Gasteiger partial charge in [0, 0.05) is 30.7 Å². The molecule has 2 aliphatic heterocycles. The fourth-order valence-electron chi connectivity index (χ4n) is 1.59. The van der Waals surface area contributed by atoms with E-state index < -0.39 is 0 Å². The van der Waals surface area contributed by atoms with Crippen LogP contribution in [0, 0.1) is 0 Å². The molecule has 0 radical (unpaired) electrons. The predicted octanol–water partition coefficient (Wildman–Crippen LogP) is 3.17. The Balaban J connectivity index is 2.01. The van der Waals surface area contributed by atoms with E-state index in [-0.39, 0.29) is 0 Å². The van der Waals surface area contributed by atoms with Crippen LogP contribution < -0.4 is 0 Å². The number of hydrogen-bond acceptors (Lipinski definition) is 3. The normalized spacial score (nSPS) is 25.9. The third-order valence-electron chi connectivity index (χ3n) is 2.37. The summed E-state index contributed by atoms with van der Waals surface area (Å²) in [6, 6.07) is 0. The average molecular weight is 206 g/mol. The van der Waals surface area contributed by atoms with Gasteiger partial charge in [0.05, 0.1) is 5.25 Å². The molecule has 0 aromatic rings. The molecular formula is C11H14N2S. The van der Waals surface area contributed by atoms with E-state index in [1.54, 1.807) is 12.4 Å². The molecule has 2 rings (SSSR count). The molecule has 0 spiro atoms. The highest BCUT2D eigenvalue weighted by Gasteiger charge is 2.21. The number of aliphatic imine (C=N–C) groups is 2. The number of rotatable bonds is 2. The second kappa shape index (κ2) is 4.60. The topological polar surface area (TPSA) is 24.7 Å². The van der Waals surface area contributed by atoms with Gasteiger partial charge in [0.2, 0.25) is 0 Å². The fraction of sp³-hybridized carbons (Fsp3) is 0.455. The lowest BCUT2D eigenvalue weighted by Crippen LogP contribution is -2.14. The average Bonchev–Trinajstić information content (AvgIpc) is 2.53. The minimum atomic E-state index is 0.555. The van der Waals surface area contributed by atoms with Gasteiger partial charge < -0.3 is 0 Å². The van der Waals surface area contributed by atoms with Gasteiger partial charge in [-0.25, -0.2) is 0 Å². The van der Waals surface area contributed by atoms with Crippen LogP contribution in [0.5, 0.6) is 0 Å². The molecular weight excluding hydrogens is 192 g/mol. The molecule has 0 bridgehead atoms. The van der Waals surface area contributed by atoms with Crippen LogP contribution in [0.3, 0.4) is 0 Å². The van der Waals surface area contributed by atoms with Gasteiger partial charge in [-0.2, -0.15) is 0 Å². The van der Waals surface area contributed by atoms with Crippen molar-refractivity contribution in [2.75, 3.05) is 0 Å². The molecule has 0 aromatic heterocycles. The number of allylic oxidation sites excluding steroid dienone is 2. The first-order valence-corrected chi connectivity index (χ1v) is 5.87. The lowest BCUT2D eigenvalue weighted by molar-refractivity contribution is 1.11. The lowest BCUT2D eigenvalue weighted by Gasteiger charge is -2.10. The van der Waals surface area contributed by atoms with E-state index in [1.165, 1.54) is 10.6 Å². The van der Waals surface area contributed by atoms with Crippen molar-refractivity contribution in [3.8, 4) is 0 Å². The van der Waals surface area contributed by atoms with Gasteiger partial charge in [-0.15, -0.1) is 11.8 Å². The molecule has 0 saturated heterocycles. The van der Waals surface area contributed by atoms with Crippen LogP contribution in [0.25, 0.3) is 0 Å². The van der Waals surface area contributed by atoms with Crippen molar-refractivity contribution in [3.63, 3.8) is 0 Å². The summed E-state index contributed by atoms with van der Waals surface area (Å²) in [5.41, 5.74) is 1.26. The molecule has 2 aliphatic rings.